The largest absolute Gasteiger partial charge is 0.382 e. The van der Waals surface area contributed by atoms with Gasteiger partial charge in [-0.25, -0.2) is 26.3 Å². The number of nitrogens with one attached hydrogen (secondary N) is 2. The van der Waals surface area contributed by atoms with E-state index in [0.717, 1.165) is 37.8 Å². The Kier molecular flexibility index (Phi) is 6.04. The Hall–Kier alpha value is -1.28. The molecule has 0 amide bonds. The van der Waals surface area contributed by atoms with Gasteiger partial charge in [0.1, 0.15) is 0 Å². The van der Waals surface area contributed by atoms with Crippen LogP contribution in [0, 0.1) is 23.4 Å². The van der Waals surface area contributed by atoms with Crippen LogP contribution in [-0.4, -0.2) is 25.8 Å². The second-order valence-electron chi connectivity index (χ2n) is 7.58. The Morgan fingerprint density at radius 1 is 1.04 bits per heavy atom. The Morgan fingerprint density at radius 2 is 1.56 bits per heavy atom. The fourth-order valence-electron chi connectivity index (χ4n) is 2.83. The number of sulfonamides is 1. The van der Waals surface area contributed by atoms with Gasteiger partial charge < -0.3 is 5.32 Å². The van der Waals surface area contributed by atoms with Crippen molar-refractivity contribution in [2.45, 2.75) is 57.2 Å². The van der Waals surface area contributed by atoms with Crippen LogP contribution < -0.4 is 10.0 Å². The van der Waals surface area contributed by atoms with Crippen molar-refractivity contribution in [1.82, 2.24) is 4.72 Å². The molecule has 4 nitrogen and oxygen atoms in total. The molecule has 8 heteroatoms. The van der Waals surface area contributed by atoms with Crippen molar-refractivity contribution in [1.29, 1.82) is 0 Å². The molecule has 0 saturated heterocycles. The molecule has 1 aliphatic rings. The molecule has 0 heterocycles. The highest BCUT2D eigenvalue weighted by Gasteiger charge is 2.30. The molecule has 0 radical (unpaired) electrons. The number of benzene rings is 1. The molecule has 1 aliphatic carbocycles. The van der Waals surface area contributed by atoms with E-state index in [1.54, 1.807) is 20.8 Å². The number of anilines is 1. The summed E-state index contributed by atoms with van der Waals surface area (Å²) in [5, 5.41) is 3.02. The van der Waals surface area contributed by atoms with Crippen LogP contribution in [-0.2, 0) is 10.0 Å². The second kappa shape index (κ2) is 7.53. The van der Waals surface area contributed by atoms with Crippen LogP contribution in [0.15, 0.2) is 12.1 Å². The highest BCUT2D eigenvalue weighted by atomic mass is 32.2. The van der Waals surface area contributed by atoms with E-state index in [2.05, 4.69) is 10.0 Å². The predicted octanol–water partition coefficient (Wildman–Crippen LogP) is 3.79. The average molecular weight is 378 g/mol. The zero-order valence-electron chi connectivity index (χ0n) is 14.7. The van der Waals surface area contributed by atoms with Gasteiger partial charge in [-0.1, -0.05) is 0 Å². The third-order valence-corrected chi connectivity index (χ3v) is 6.73. The summed E-state index contributed by atoms with van der Waals surface area (Å²) in [5.41, 5.74) is 0.216. The lowest BCUT2D eigenvalue weighted by Gasteiger charge is -2.30. The molecule has 142 valence electrons. The van der Waals surface area contributed by atoms with Crippen LogP contribution in [0.5, 0.6) is 0 Å². The minimum absolute atomic E-state index is 0.0275. The van der Waals surface area contributed by atoms with E-state index in [9.17, 15) is 21.6 Å². The van der Waals surface area contributed by atoms with Crippen LogP contribution >= 0.6 is 0 Å². The van der Waals surface area contributed by atoms with Crippen molar-refractivity contribution in [3.63, 3.8) is 0 Å². The Balaban J connectivity index is 1.84. The van der Waals surface area contributed by atoms with Crippen molar-refractivity contribution < 1.29 is 21.6 Å². The third kappa shape index (κ3) is 5.10. The summed E-state index contributed by atoms with van der Waals surface area (Å²) in [6.45, 7) is 5.34. The molecule has 1 saturated carbocycles. The van der Waals surface area contributed by atoms with Crippen molar-refractivity contribution in [3.05, 3.63) is 29.6 Å². The fraction of sp³-hybridized carbons (Fsp3) is 0.647. The summed E-state index contributed by atoms with van der Waals surface area (Å²) >= 11 is 0. The quantitative estimate of drug-likeness (QED) is 0.767. The van der Waals surface area contributed by atoms with Crippen LogP contribution in [0.25, 0.3) is 0 Å². The molecule has 2 N–H and O–H groups in total. The molecule has 0 atom stereocenters. The van der Waals surface area contributed by atoms with E-state index in [4.69, 9.17) is 0 Å². The maximum Gasteiger partial charge on any atom is 0.216 e. The molecular weight excluding hydrogens is 353 g/mol. The van der Waals surface area contributed by atoms with Gasteiger partial charge in [-0.3, -0.25) is 0 Å². The van der Waals surface area contributed by atoms with Gasteiger partial charge in [0.2, 0.25) is 10.0 Å². The topological polar surface area (TPSA) is 58.2 Å². The van der Waals surface area contributed by atoms with Gasteiger partial charge in [-0.15, -0.1) is 0 Å². The molecule has 0 aromatic heterocycles. The number of rotatable bonds is 5. The molecule has 0 bridgehead atoms. The van der Waals surface area contributed by atoms with Gasteiger partial charge in [0.25, 0.3) is 0 Å². The molecule has 1 aromatic carbocycles. The lowest BCUT2D eigenvalue weighted by Crippen LogP contribution is -2.42. The first kappa shape index (κ1) is 20.0. The lowest BCUT2D eigenvalue weighted by molar-refractivity contribution is 0.336. The standard InChI is InChI=1S/C17H25F3N2O2S/c1-17(2,3)25(23,24)21-10-11-4-6-12(7-5-11)22-13-8-14(18)16(20)15(19)9-13/h8-9,11-12,21-22H,4-7,10H2,1-3H3. The summed E-state index contributed by atoms with van der Waals surface area (Å²) in [5.74, 6) is -3.67. The summed E-state index contributed by atoms with van der Waals surface area (Å²) in [4.78, 5) is 0. The highest BCUT2D eigenvalue weighted by molar-refractivity contribution is 7.90. The first-order chi connectivity index (χ1) is 11.5. The van der Waals surface area contributed by atoms with E-state index in [-0.39, 0.29) is 17.6 Å². The molecule has 1 fully saturated rings. The van der Waals surface area contributed by atoms with Crippen molar-refractivity contribution in [2.75, 3.05) is 11.9 Å². The maximum atomic E-state index is 13.2. The van der Waals surface area contributed by atoms with Crippen molar-refractivity contribution >= 4 is 15.7 Å². The second-order valence-corrected chi connectivity index (χ2v) is 10.1. The minimum Gasteiger partial charge on any atom is -0.382 e. The SMILES string of the molecule is CC(C)(C)S(=O)(=O)NCC1CCC(Nc2cc(F)c(F)c(F)c2)CC1. The minimum atomic E-state index is -3.36. The molecule has 1 aromatic rings. The van der Waals surface area contributed by atoms with Crippen LogP contribution in [0.4, 0.5) is 18.9 Å². The Labute approximate surface area is 147 Å². The zero-order valence-corrected chi connectivity index (χ0v) is 15.5. The summed E-state index contributed by atoms with van der Waals surface area (Å²) < 4.78 is 65.4. The van der Waals surface area contributed by atoms with Gasteiger partial charge in [0.15, 0.2) is 17.5 Å². The number of hydrogen-bond donors (Lipinski definition) is 2. The van der Waals surface area contributed by atoms with Gasteiger partial charge in [0.05, 0.1) is 4.75 Å². The number of hydrogen-bond acceptors (Lipinski definition) is 3. The Bertz CT molecular complexity index is 686. The monoisotopic (exact) mass is 378 g/mol. The van der Waals surface area contributed by atoms with Crippen LogP contribution in [0.1, 0.15) is 46.5 Å². The molecule has 0 aliphatic heterocycles. The highest BCUT2D eigenvalue weighted by Crippen LogP contribution is 2.28. The normalized spacial score (nSPS) is 22.0. The van der Waals surface area contributed by atoms with Crippen molar-refractivity contribution in [3.8, 4) is 0 Å². The van der Waals surface area contributed by atoms with E-state index < -0.39 is 32.2 Å². The molecule has 0 unspecified atom stereocenters. The molecule has 0 spiro atoms. The average Bonchev–Trinajstić information content (AvgIpc) is 2.51. The lowest BCUT2D eigenvalue weighted by atomic mass is 9.86. The van der Waals surface area contributed by atoms with E-state index >= 15 is 0 Å². The third-order valence-electron chi connectivity index (χ3n) is 4.57. The van der Waals surface area contributed by atoms with E-state index in [0.29, 0.717) is 6.54 Å². The van der Waals surface area contributed by atoms with Gasteiger partial charge in [0, 0.05) is 30.4 Å². The summed E-state index contributed by atoms with van der Waals surface area (Å²) in [7, 11) is -3.36. The summed E-state index contributed by atoms with van der Waals surface area (Å²) in [6.07, 6.45) is 3.11. The molecule has 2 rings (SSSR count). The summed E-state index contributed by atoms with van der Waals surface area (Å²) in [6, 6.07) is 1.92. The smallest absolute Gasteiger partial charge is 0.216 e. The molecular formula is C17H25F3N2O2S. The van der Waals surface area contributed by atoms with Crippen molar-refractivity contribution in [2.24, 2.45) is 5.92 Å². The first-order valence-corrected chi connectivity index (χ1v) is 9.88. The van der Waals surface area contributed by atoms with Gasteiger partial charge in [-0.05, 0) is 52.4 Å². The van der Waals surface area contributed by atoms with E-state index in [1.165, 1.54) is 0 Å². The van der Waals surface area contributed by atoms with E-state index in [1.807, 2.05) is 0 Å². The predicted molar refractivity (Wildman–Crippen MR) is 92.4 cm³/mol. The molecule has 25 heavy (non-hydrogen) atoms. The van der Waals surface area contributed by atoms with Crippen LogP contribution in [0.3, 0.4) is 0 Å². The van der Waals surface area contributed by atoms with Gasteiger partial charge >= 0.3 is 0 Å². The van der Waals surface area contributed by atoms with Gasteiger partial charge in [-0.2, -0.15) is 0 Å². The number of halogens is 3. The first-order valence-electron chi connectivity index (χ1n) is 8.40. The Morgan fingerprint density at radius 3 is 2.04 bits per heavy atom. The fourth-order valence-corrected chi connectivity index (χ4v) is 3.72. The van der Waals surface area contributed by atoms with Crippen LogP contribution in [0.2, 0.25) is 0 Å². The maximum absolute atomic E-state index is 13.2. The zero-order chi connectivity index (χ0) is 18.8.